The normalized spacial score (nSPS) is 14.6. The molecular formula is C14H19N5O. The number of carbonyl (C=O) groups is 1. The second-order valence-corrected chi connectivity index (χ2v) is 5.56. The maximum Gasteiger partial charge on any atom is 0.272 e. The van der Waals surface area contributed by atoms with Crippen molar-refractivity contribution in [2.24, 2.45) is 7.05 Å². The Kier molecular flexibility index (Phi) is 3.08. The molecule has 2 aromatic rings. The van der Waals surface area contributed by atoms with Gasteiger partial charge in [0.05, 0.1) is 17.9 Å². The molecular weight excluding hydrogens is 254 g/mol. The molecule has 1 aliphatic carbocycles. The van der Waals surface area contributed by atoms with Crippen molar-refractivity contribution in [1.82, 2.24) is 24.9 Å². The van der Waals surface area contributed by atoms with Gasteiger partial charge in [-0.1, -0.05) is 0 Å². The fourth-order valence-corrected chi connectivity index (χ4v) is 2.33. The molecule has 20 heavy (non-hydrogen) atoms. The molecule has 2 aromatic heterocycles. The first-order valence-electron chi connectivity index (χ1n) is 6.85. The summed E-state index contributed by atoms with van der Waals surface area (Å²) in [5.74, 6) is 0.537. The summed E-state index contributed by atoms with van der Waals surface area (Å²) >= 11 is 0. The van der Waals surface area contributed by atoms with Gasteiger partial charge in [-0.05, 0) is 31.9 Å². The number of aromatic nitrogens is 4. The maximum absolute atomic E-state index is 12.5. The number of nitrogens with zero attached hydrogens (tertiary/aromatic N) is 4. The van der Waals surface area contributed by atoms with Crippen LogP contribution in [0.2, 0.25) is 0 Å². The highest BCUT2D eigenvalue weighted by Crippen LogP contribution is 2.39. The van der Waals surface area contributed by atoms with Crippen LogP contribution in [-0.4, -0.2) is 37.8 Å². The van der Waals surface area contributed by atoms with Crippen LogP contribution in [0.5, 0.6) is 0 Å². The molecule has 0 saturated heterocycles. The minimum Gasteiger partial charge on any atom is -0.334 e. The summed E-state index contributed by atoms with van der Waals surface area (Å²) in [5.41, 5.74) is 3.54. The second kappa shape index (κ2) is 4.77. The van der Waals surface area contributed by atoms with E-state index in [0.29, 0.717) is 18.2 Å². The summed E-state index contributed by atoms with van der Waals surface area (Å²) in [5, 5.41) is 11.5. The molecule has 0 aliphatic heterocycles. The number of amides is 1. The molecule has 6 heteroatoms. The van der Waals surface area contributed by atoms with Crippen molar-refractivity contribution in [1.29, 1.82) is 0 Å². The van der Waals surface area contributed by atoms with E-state index in [4.69, 9.17) is 0 Å². The SMILES string of the molecule is Cc1cc(CN(C)C(=O)c2cc(C3CC3)nn2C)n[nH]1. The number of carbonyl (C=O) groups excluding carboxylic acids is 1. The van der Waals surface area contributed by atoms with Gasteiger partial charge < -0.3 is 4.90 Å². The largest absolute Gasteiger partial charge is 0.334 e. The summed E-state index contributed by atoms with van der Waals surface area (Å²) in [4.78, 5) is 14.1. The van der Waals surface area contributed by atoms with Crippen LogP contribution < -0.4 is 0 Å². The molecule has 0 unspecified atom stereocenters. The summed E-state index contributed by atoms with van der Waals surface area (Å²) in [6.07, 6.45) is 2.38. The first-order valence-corrected chi connectivity index (χ1v) is 6.85. The first kappa shape index (κ1) is 12.9. The molecule has 2 heterocycles. The summed E-state index contributed by atoms with van der Waals surface area (Å²) in [7, 11) is 3.61. The first-order chi connectivity index (χ1) is 9.54. The van der Waals surface area contributed by atoms with Gasteiger partial charge in [-0.3, -0.25) is 14.6 Å². The highest BCUT2D eigenvalue weighted by atomic mass is 16.2. The molecule has 0 atom stereocenters. The quantitative estimate of drug-likeness (QED) is 0.920. The number of rotatable bonds is 4. The molecule has 0 spiro atoms. The van der Waals surface area contributed by atoms with Gasteiger partial charge in [0.25, 0.3) is 5.91 Å². The number of hydrogen-bond donors (Lipinski definition) is 1. The number of H-pyrrole nitrogens is 1. The maximum atomic E-state index is 12.5. The highest BCUT2D eigenvalue weighted by molar-refractivity contribution is 5.92. The van der Waals surface area contributed by atoms with Crippen molar-refractivity contribution in [2.75, 3.05) is 7.05 Å². The molecule has 1 amide bonds. The average Bonchev–Trinajstić information content (AvgIpc) is 3.08. The fraction of sp³-hybridized carbons (Fsp3) is 0.500. The van der Waals surface area contributed by atoms with E-state index in [9.17, 15) is 4.79 Å². The smallest absolute Gasteiger partial charge is 0.272 e. The molecule has 0 radical (unpaired) electrons. The van der Waals surface area contributed by atoms with E-state index in [2.05, 4.69) is 15.3 Å². The van der Waals surface area contributed by atoms with E-state index in [0.717, 1.165) is 17.1 Å². The average molecular weight is 273 g/mol. The van der Waals surface area contributed by atoms with Crippen LogP contribution in [-0.2, 0) is 13.6 Å². The van der Waals surface area contributed by atoms with E-state index < -0.39 is 0 Å². The third-order valence-electron chi connectivity index (χ3n) is 3.62. The van der Waals surface area contributed by atoms with Crippen molar-refractivity contribution in [3.8, 4) is 0 Å². The Morgan fingerprint density at radius 1 is 1.50 bits per heavy atom. The standard InChI is InChI=1S/C14H19N5O/c1-9-6-11(16-15-9)8-18(2)14(20)13-7-12(10-4-5-10)17-19(13)3/h6-7,10H,4-5,8H2,1-3H3,(H,15,16). The zero-order valence-electron chi connectivity index (χ0n) is 12.1. The molecule has 1 aliphatic rings. The van der Waals surface area contributed by atoms with Crippen molar-refractivity contribution < 1.29 is 4.79 Å². The van der Waals surface area contributed by atoms with Gasteiger partial charge in [-0.2, -0.15) is 10.2 Å². The number of hydrogen-bond acceptors (Lipinski definition) is 3. The van der Waals surface area contributed by atoms with Crippen LogP contribution in [0.4, 0.5) is 0 Å². The Morgan fingerprint density at radius 3 is 2.85 bits per heavy atom. The Morgan fingerprint density at radius 2 is 2.25 bits per heavy atom. The lowest BCUT2D eigenvalue weighted by molar-refractivity contribution is 0.0772. The lowest BCUT2D eigenvalue weighted by Crippen LogP contribution is -2.28. The van der Waals surface area contributed by atoms with Gasteiger partial charge in [0.15, 0.2) is 0 Å². The molecule has 6 nitrogen and oxygen atoms in total. The second-order valence-electron chi connectivity index (χ2n) is 5.56. The molecule has 1 fully saturated rings. The van der Waals surface area contributed by atoms with Gasteiger partial charge >= 0.3 is 0 Å². The monoisotopic (exact) mass is 273 g/mol. The minimum atomic E-state index is -0.0208. The molecule has 0 aromatic carbocycles. The van der Waals surface area contributed by atoms with E-state index >= 15 is 0 Å². The van der Waals surface area contributed by atoms with Gasteiger partial charge in [0.1, 0.15) is 5.69 Å². The zero-order valence-corrected chi connectivity index (χ0v) is 12.1. The van der Waals surface area contributed by atoms with Crippen molar-refractivity contribution >= 4 is 5.91 Å². The third kappa shape index (κ3) is 2.45. The summed E-state index contributed by atoms with van der Waals surface area (Å²) in [6.45, 7) is 2.44. The molecule has 106 valence electrons. The van der Waals surface area contributed by atoms with Gasteiger partial charge in [0, 0.05) is 25.7 Å². The lowest BCUT2D eigenvalue weighted by Gasteiger charge is -2.15. The Labute approximate surface area is 117 Å². The van der Waals surface area contributed by atoms with E-state index in [1.807, 2.05) is 26.1 Å². The third-order valence-corrected chi connectivity index (χ3v) is 3.62. The van der Waals surface area contributed by atoms with Gasteiger partial charge in [-0.25, -0.2) is 0 Å². The Bertz CT molecular complexity index is 638. The van der Waals surface area contributed by atoms with Crippen LogP contribution in [0.3, 0.4) is 0 Å². The predicted molar refractivity (Wildman–Crippen MR) is 74.3 cm³/mol. The van der Waals surface area contributed by atoms with Crippen molar-refractivity contribution in [3.63, 3.8) is 0 Å². The fourth-order valence-electron chi connectivity index (χ4n) is 2.33. The minimum absolute atomic E-state index is 0.0208. The van der Waals surface area contributed by atoms with Gasteiger partial charge in [0.2, 0.25) is 0 Å². The van der Waals surface area contributed by atoms with E-state index in [1.165, 1.54) is 12.8 Å². The zero-order chi connectivity index (χ0) is 14.3. The molecule has 1 saturated carbocycles. The Hall–Kier alpha value is -2.11. The van der Waals surface area contributed by atoms with Crippen LogP contribution >= 0.6 is 0 Å². The predicted octanol–water partition coefficient (Wildman–Crippen LogP) is 1.60. The lowest BCUT2D eigenvalue weighted by atomic mass is 10.2. The highest BCUT2D eigenvalue weighted by Gasteiger charge is 2.28. The number of nitrogens with one attached hydrogen (secondary N) is 1. The molecule has 1 N–H and O–H groups in total. The van der Waals surface area contributed by atoms with E-state index in [1.54, 1.807) is 16.6 Å². The van der Waals surface area contributed by atoms with Crippen LogP contribution in [0, 0.1) is 6.92 Å². The van der Waals surface area contributed by atoms with E-state index in [-0.39, 0.29) is 5.91 Å². The topological polar surface area (TPSA) is 66.8 Å². The van der Waals surface area contributed by atoms with Gasteiger partial charge in [-0.15, -0.1) is 0 Å². The van der Waals surface area contributed by atoms with Crippen molar-refractivity contribution in [3.05, 3.63) is 34.9 Å². The molecule has 3 rings (SSSR count). The number of aromatic amines is 1. The van der Waals surface area contributed by atoms with Crippen LogP contribution in [0.1, 0.15) is 46.3 Å². The summed E-state index contributed by atoms with van der Waals surface area (Å²) < 4.78 is 1.68. The van der Waals surface area contributed by atoms with Crippen LogP contribution in [0.15, 0.2) is 12.1 Å². The molecule has 0 bridgehead atoms. The van der Waals surface area contributed by atoms with Crippen molar-refractivity contribution in [2.45, 2.75) is 32.2 Å². The Balaban J connectivity index is 1.74. The number of aryl methyl sites for hydroxylation is 2. The van der Waals surface area contributed by atoms with Crippen LogP contribution in [0.25, 0.3) is 0 Å². The summed E-state index contributed by atoms with van der Waals surface area (Å²) in [6, 6.07) is 3.87.